The van der Waals surface area contributed by atoms with Crippen LogP contribution in [0.15, 0.2) is 12.7 Å². The standard InChI is InChI=1S/C13H26N2/c1-3-10-15-13(11-14)8-5-6-12(4-2)7-9-13/h3,12,15H,1,4-11,14H2,2H3. The van der Waals surface area contributed by atoms with Crippen molar-refractivity contribution in [1.82, 2.24) is 5.32 Å². The van der Waals surface area contributed by atoms with Crippen LogP contribution >= 0.6 is 0 Å². The summed E-state index contributed by atoms with van der Waals surface area (Å²) in [5.41, 5.74) is 6.13. The normalized spacial score (nSPS) is 32.3. The van der Waals surface area contributed by atoms with Crippen LogP contribution in [0.25, 0.3) is 0 Å². The van der Waals surface area contributed by atoms with Gasteiger partial charge in [0.15, 0.2) is 0 Å². The molecule has 2 unspecified atom stereocenters. The van der Waals surface area contributed by atoms with Gasteiger partial charge in [-0.1, -0.05) is 32.3 Å². The molecule has 88 valence electrons. The van der Waals surface area contributed by atoms with Crippen LogP contribution < -0.4 is 11.1 Å². The lowest BCUT2D eigenvalue weighted by atomic mass is 9.89. The van der Waals surface area contributed by atoms with Gasteiger partial charge in [0.1, 0.15) is 0 Å². The Bertz CT molecular complexity index is 191. The van der Waals surface area contributed by atoms with Crippen molar-refractivity contribution in [2.45, 2.75) is 51.0 Å². The highest BCUT2D eigenvalue weighted by atomic mass is 15.0. The van der Waals surface area contributed by atoms with Gasteiger partial charge in [0.25, 0.3) is 0 Å². The van der Waals surface area contributed by atoms with E-state index in [1.54, 1.807) is 0 Å². The van der Waals surface area contributed by atoms with Gasteiger partial charge in [0.2, 0.25) is 0 Å². The molecule has 0 aliphatic heterocycles. The second-order valence-electron chi connectivity index (χ2n) is 4.86. The van der Waals surface area contributed by atoms with E-state index in [4.69, 9.17) is 5.73 Å². The zero-order valence-corrected chi connectivity index (χ0v) is 10.1. The molecule has 2 nitrogen and oxygen atoms in total. The van der Waals surface area contributed by atoms with Gasteiger partial charge in [-0.25, -0.2) is 0 Å². The maximum Gasteiger partial charge on any atom is 0.0306 e. The lowest BCUT2D eigenvalue weighted by molar-refractivity contribution is 0.299. The monoisotopic (exact) mass is 210 g/mol. The molecule has 0 aromatic heterocycles. The van der Waals surface area contributed by atoms with Crippen LogP contribution in [0.4, 0.5) is 0 Å². The zero-order valence-electron chi connectivity index (χ0n) is 10.1. The summed E-state index contributed by atoms with van der Waals surface area (Å²) >= 11 is 0. The lowest BCUT2D eigenvalue weighted by Gasteiger charge is -2.32. The Balaban J connectivity index is 2.52. The molecule has 0 spiro atoms. The molecule has 1 fully saturated rings. The maximum atomic E-state index is 5.94. The SMILES string of the molecule is C=CCNC1(CN)CCCC(CC)CC1. The van der Waals surface area contributed by atoms with Crippen molar-refractivity contribution in [3.8, 4) is 0 Å². The van der Waals surface area contributed by atoms with Crippen molar-refractivity contribution in [2.24, 2.45) is 11.7 Å². The highest BCUT2D eigenvalue weighted by Gasteiger charge is 2.30. The summed E-state index contributed by atoms with van der Waals surface area (Å²) in [5, 5.41) is 3.58. The molecule has 1 aliphatic carbocycles. The number of hydrogen-bond acceptors (Lipinski definition) is 2. The van der Waals surface area contributed by atoms with Crippen LogP contribution in [0.5, 0.6) is 0 Å². The summed E-state index contributed by atoms with van der Waals surface area (Å²) in [4.78, 5) is 0. The van der Waals surface area contributed by atoms with Crippen LogP contribution in [0.3, 0.4) is 0 Å². The molecule has 0 amide bonds. The van der Waals surface area contributed by atoms with Crippen LogP contribution in [-0.4, -0.2) is 18.6 Å². The largest absolute Gasteiger partial charge is 0.329 e. The summed E-state index contributed by atoms with van der Waals surface area (Å²) in [6.07, 6.45) is 9.75. The first-order valence-electron chi connectivity index (χ1n) is 6.32. The van der Waals surface area contributed by atoms with Gasteiger partial charge < -0.3 is 11.1 Å². The fourth-order valence-corrected chi connectivity index (χ4v) is 2.63. The van der Waals surface area contributed by atoms with Crippen molar-refractivity contribution in [2.75, 3.05) is 13.1 Å². The van der Waals surface area contributed by atoms with E-state index in [-0.39, 0.29) is 5.54 Å². The van der Waals surface area contributed by atoms with E-state index in [1.165, 1.54) is 38.5 Å². The van der Waals surface area contributed by atoms with Crippen LogP contribution in [0, 0.1) is 5.92 Å². The first kappa shape index (κ1) is 12.7. The minimum absolute atomic E-state index is 0.193. The van der Waals surface area contributed by atoms with Crippen molar-refractivity contribution in [3.63, 3.8) is 0 Å². The Kier molecular flexibility index (Phi) is 5.34. The number of nitrogens with two attached hydrogens (primary N) is 1. The maximum absolute atomic E-state index is 5.94. The molecule has 1 rings (SSSR count). The fraction of sp³-hybridized carbons (Fsp3) is 0.846. The molecule has 0 heterocycles. The third-order valence-corrected chi connectivity index (χ3v) is 3.89. The number of hydrogen-bond donors (Lipinski definition) is 2. The number of nitrogens with one attached hydrogen (secondary N) is 1. The minimum atomic E-state index is 0.193. The second kappa shape index (κ2) is 6.29. The predicted octanol–water partition coefficient (Wildman–Crippen LogP) is 2.45. The highest BCUT2D eigenvalue weighted by Crippen LogP contribution is 2.31. The third-order valence-electron chi connectivity index (χ3n) is 3.89. The van der Waals surface area contributed by atoms with E-state index in [0.29, 0.717) is 0 Å². The smallest absolute Gasteiger partial charge is 0.0306 e. The van der Waals surface area contributed by atoms with E-state index in [9.17, 15) is 0 Å². The van der Waals surface area contributed by atoms with Gasteiger partial charge in [-0.05, 0) is 25.2 Å². The van der Waals surface area contributed by atoms with Gasteiger partial charge >= 0.3 is 0 Å². The van der Waals surface area contributed by atoms with E-state index in [2.05, 4.69) is 18.8 Å². The summed E-state index contributed by atoms with van der Waals surface area (Å²) in [5.74, 6) is 0.920. The summed E-state index contributed by atoms with van der Waals surface area (Å²) in [6, 6.07) is 0. The van der Waals surface area contributed by atoms with Crippen molar-refractivity contribution in [1.29, 1.82) is 0 Å². The molecule has 0 saturated heterocycles. The third kappa shape index (κ3) is 3.62. The molecule has 2 heteroatoms. The molecule has 3 N–H and O–H groups in total. The predicted molar refractivity (Wildman–Crippen MR) is 66.9 cm³/mol. The van der Waals surface area contributed by atoms with E-state index in [1.807, 2.05) is 6.08 Å². The van der Waals surface area contributed by atoms with Gasteiger partial charge in [0.05, 0.1) is 0 Å². The zero-order chi connectivity index (χ0) is 11.1. The summed E-state index contributed by atoms with van der Waals surface area (Å²) < 4.78 is 0. The Labute approximate surface area is 94.3 Å². The van der Waals surface area contributed by atoms with Gasteiger partial charge in [-0.3, -0.25) is 0 Å². The fourth-order valence-electron chi connectivity index (χ4n) is 2.63. The molecule has 1 aliphatic rings. The van der Waals surface area contributed by atoms with Gasteiger partial charge in [-0.2, -0.15) is 0 Å². The quantitative estimate of drug-likeness (QED) is 0.540. The van der Waals surface area contributed by atoms with Gasteiger partial charge in [0, 0.05) is 18.6 Å². The molecule has 0 aromatic rings. The molecule has 1 saturated carbocycles. The molecular formula is C13H26N2. The van der Waals surface area contributed by atoms with E-state index >= 15 is 0 Å². The Morgan fingerprint density at radius 1 is 1.47 bits per heavy atom. The second-order valence-corrected chi connectivity index (χ2v) is 4.86. The average molecular weight is 210 g/mol. The van der Waals surface area contributed by atoms with Crippen LogP contribution in [0.1, 0.15) is 45.4 Å². The first-order chi connectivity index (χ1) is 7.26. The molecular weight excluding hydrogens is 184 g/mol. The molecule has 0 radical (unpaired) electrons. The Hall–Kier alpha value is -0.340. The number of rotatable bonds is 5. The van der Waals surface area contributed by atoms with E-state index in [0.717, 1.165) is 19.0 Å². The Morgan fingerprint density at radius 2 is 2.27 bits per heavy atom. The highest BCUT2D eigenvalue weighted by molar-refractivity contribution is 4.93. The van der Waals surface area contributed by atoms with Crippen LogP contribution in [0.2, 0.25) is 0 Å². The minimum Gasteiger partial charge on any atom is -0.329 e. The molecule has 0 bridgehead atoms. The molecule has 15 heavy (non-hydrogen) atoms. The van der Waals surface area contributed by atoms with Crippen molar-refractivity contribution >= 4 is 0 Å². The lowest BCUT2D eigenvalue weighted by Crippen LogP contribution is -2.50. The van der Waals surface area contributed by atoms with Crippen molar-refractivity contribution in [3.05, 3.63) is 12.7 Å². The summed E-state index contributed by atoms with van der Waals surface area (Å²) in [6.45, 7) is 7.71. The topological polar surface area (TPSA) is 38.0 Å². The Morgan fingerprint density at radius 3 is 2.87 bits per heavy atom. The average Bonchev–Trinajstić information content (AvgIpc) is 2.49. The van der Waals surface area contributed by atoms with Crippen molar-refractivity contribution < 1.29 is 0 Å². The molecule has 0 aromatic carbocycles. The molecule has 2 atom stereocenters. The van der Waals surface area contributed by atoms with Gasteiger partial charge in [-0.15, -0.1) is 6.58 Å². The summed E-state index contributed by atoms with van der Waals surface area (Å²) in [7, 11) is 0. The van der Waals surface area contributed by atoms with Crippen LogP contribution in [-0.2, 0) is 0 Å². The first-order valence-corrected chi connectivity index (χ1v) is 6.32. The van der Waals surface area contributed by atoms with E-state index < -0.39 is 0 Å².